The van der Waals surface area contributed by atoms with Gasteiger partial charge in [0.1, 0.15) is 0 Å². The smallest absolute Gasteiger partial charge is 0.378 e. The number of nitrogens with zero attached hydrogens (tertiary/aromatic N) is 1. The molecule has 8 heteroatoms. The predicted molar refractivity (Wildman–Crippen MR) is 96.9 cm³/mol. The second-order valence-corrected chi connectivity index (χ2v) is 6.00. The number of hydrogen-bond donors (Lipinski definition) is 2. The van der Waals surface area contributed by atoms with Gasteiger partial charge >= 0.3 is 6.18 Å². The summed E-state index contributed by atoms with van der Waals surface area (Å²) in [6, 6.07) is 11.5. The minimum atomic E-state index is -4.61. The summed E-state index contributed by atoms with van der Waals surface area (Å²) in [5.74, 6) is -1.17. The van der Waals surface area contributed by atoms with Gasteiger partial charge in [0.25, 0.3) is 11.8 Å². The van der Waals surface area contributed by atoms with Gasteiger partial charge in [0.15, 0.2) is 0 Å². The molecule has 0 saturated heterocycles. The number of hydrogen-bond acceptors (Lipinski definition) is 3. The maximum absolute atomic E-state index is 12.9. The Bertz CT molecular complexity index is 803. The Morgan fingerprint density at radius 2 is 1.44 bits per heavy atom. The average molecular weight is 379 g/mol. The molecule has 0 aliphatic heterocycles. The predicted octanol–water partition coefficient (Wildman–Crippen LogP) is 2.93. The first kappa shape index (κ1) is 20.3. The summed E-state index contributed by atoms with van der Waals surface area (Å²) in [6.07, 6.45) is -4.61. The van der Waals surface area contributed by atoms with Gasteiger partial charge in [0.05, 0.1) is 11.1 Å². The Morgan fingerprint density at radius 1 is 0.889 bits per heavy atom. The van der Waals surface area contributed by atoms with Crippen LogP contribution in [-0.4, -0.2) is 39.0 Å². The second kappa shape index (κ2) is 8.57. The lowest BCUT2D eigenvalue weighted by Crippen LogP contribution is -2.35. The molecule has 0 aliphatic rings. The molecule has 0 spiro atoms. The van der Waals surface area contributed by atoms with Gasteiger partial charge < -0.3 is 15.5 Å². The highest BCUT2D eigenvalue weighted by Crippen LogP contribution is 2.31. The largest absolute Gasteiger partial charge is 0.417 e. The van der Waals surface area contributed by atoms with E-state index in [1.54, 1.807) is 24.3 Å². The van der Waals surface area contributed by atoms with Gasteiger partial charge in [0.2, 0.25) is 0 Å². The molecular formula is C19H20F3N3O2. The minimum absolute atomic E-state index is 0.00649. The Morgan fingerprint density at radius 3 is 2.00 bits per heavy atom. The fourth-order valence-electron chi connectivity index (χ4n) is 2.39. The number of halogens is 3. The van der Waals surface area contributed by atoms with E-state index in [0.717, 1.165) is 17.8 Å². The van der Waals surface area contributed by atoms with Crippen LogP contribution in [0.2, 0.25) is 0 Å². The summed E-state index contributed by atoms with van der Waals surface area (Å²) >= 11 is 0. The molecule has 2 rings (SSSR count). The summed E-state index contributed by atoms with van der Waals surface area (Å²) in [4.78, 5) is 25.9. The van der Waals surface area contributed by atoms with E-state index >= 15 is 0 Å². The van der Waals surface area contributed by atoms with Crippen molar-refractivity contribution in [2.24, 2.45) is 0 Å². The van der Waals surface area contributed by atoms with E-state index in [0.29, 0.717) is 5.56 Å². The molecule has 0 saturated carbocycles. The number of anilines is 1. The van der Waals surface area contributed by atoms with Crippen molar-refractivity contribution in [2.75, 3.05) is 32.1 Å². The van der Waals surface area contributed by atoms with Gasteiger partial charge in [-0.3, -0.25) is 9.59 Å². The fourth-order valence-corrected chi connectivity index (χ4v) is 2.39. The second-order valence-electron chi connectivity index (χ2n) is 6.00. The molecule has 0 heterocycles. The van der Waals surface area contributed by atoms with Gasteiger partial charge in [-0.1, -0.05) is 12.1 Å². The zero-order chi connectivity index (χ0) is 20.0. The lowest BCUT2D eigenvalue weighted by Gasteiger charge is -2.13. The normalized spacial score (nSPS) is 11.0. The highest BCUT2D eigenvalue weighted by molar-refractivity contribution is 5.96. The summed E-state index contributed by atoms with van der Waals surface area (Å²) in [6.45, 7) is 0.0980. The van der Waals surface area contributed by atoms with Crippen molar-refractivity contribution >= 4 is 17.5 Å². The van der Waals surface area contributed by atoms with Crippen LogP contribution < -0.4 is 15.5 Å². The topological polar surface area (TPSA) is 61.4 Å². The van der Waals surface area contributed by atoms with E-state index in [-0.39, 0.29) is 19.0 Å². The van der Waals surface area contributed by atoms with Gasteiger partial charge in [-0.15, -0.1) is 0 Å². The van der Waals surface area contributed by atoms with Crippen LogP contribution in [0.25, 0.3) is 0 Å². The number of carbonyl (C=O) groups is 2. The third kappa shape index (κ3) is 5.47. The first-order valence-electron chi connectivity index (χ1n) is 8.20. The summed E-state index contributed by atoms with van der Waals surface area (Å²) in [5.41, 5.74) is -0.0420. The fraction of sp³-hybridized carbons (Fsp3) is 0.263. The Kier molecular flexibility index (Phi) is 6.44. The summed E-state index contributed by atoms with van der Waals surface area (Å²) < 4.78 is 38.8. The molecule has 0 bridgehead atoms. The quantitative estimate of drug-likeness (QED) is 0.759. The molecule has 0 aliphatic carbocycles. The van der Waals surface area contributed by atoms with Crippen LogP contribution in [0.15, 0.2) is 48.5 Å². The van der Waals surface area contributed by atoms with E-state index < -0.39 is 23.2 Å². The Hall–Kier alpha value is -3.03. The van der Waals surface area contributed by atoms with Crippen molar-refractivity contribution in [1.82, 2.24) is 10.6 Å². The van der Waals surface area contributed by atoms with E-state index in [9.17, 15) is 22.8 Å². The zero-order valence-corrected chi connectivity index (χ0v) is 14.9. The number of nitrogens with one attached hydrogen (secondary N) is 2. The molecular weight excluding hydrogens is 359 g/mol. The van der Waals surface area contributed by atoms with Gasteiger partial charge in [-0.25, -0.2) is 0 Å². The average Bonchev–Trinajstić information content (AvgIpc) is 2.64. The molecule has 2 amide bonds. The van der Waals surface area contributed by atoms with Crippen LogP contribution in [0, 0.1) is 0 Å². The summed E-state index contributed by atoms with van der Waals surface area (Å²) in [7, 11) is 3.77. The number of benzene rings is 2. The Balaban J connectivity index is 1.86. The standard InChI is InChI=1S/C19H20F3N3O2/c1-25(2)14-9-7-13(8-10-14)17(26)23-11-12-24-18(27)15-5-3-4-6-16(15)19(20,21)22/h3-10H,11-12H2,1-2H3,(H,23,26)(H,24,27). The molecule has 0 fully saturated rings. The number of rotatable bonds is 6. The third-order valence-corrected chi connectivity index (χ3v) is 3.82. The Labute approximate surface area is 155 Å². The minimum Gasteiger partial charge on any atom is -0.378 e. The third-order valence-electron chi connectivity index (χ3n) is 3.82. The van der Waals surface area contributed by atoms with Crippen LogP contribution >= 0.6 is 0 Å². The van der Waals surface area contributed by atoms with Crippen LogP contribution in [-0.2, 0) is 6.18 Å². The van der Waals surface area contributed by atoms with Crippen LogP contribution in [0.1, 0.15) is 26.3 Å². The lowest BCUT2D eigenvalue weighted by molar-refractivity contribution is -0.137. The van der Waals surface area contributed by atoms with Crippen LogP contribution in [0.3, 0.4) is 0 Å². The highest BCUT2D eigenvalue weighted by atomic mass is 19.4. The number of carbonyl (C=O) groups excluding carboxylic acids is 2. The van der Waals surface area contributed by atoms with E-state index in [4.69, 9.17) is 0 Å². The molecule has 0 unspecified atom stereocenters. The molecule has 0 atom stereocenters. The molecule has 2 N–H and O–H groups in total. The van der Waals surface area contributed by atoms with E-state index in [1.165, 1.54) is 12.1 Å². The molecule has 5 nitrogen and oxygen atoms in total. The zero-order valence-electron chi connectivity index (χ0n) is 14.9. The maximum atomic E-state index is 12.9. The molecule has 2 aromatic carbocycles. The van der Waals surface area contributed by atoms with Crippen LogP contribution in [0.4, 0.5) is 18.9 Å². The first-order chi connectivity index (χ1) is 12.7. The van der Waals surface area contributed by atoms with Crippen molar-refractivity contribution < 1.29 is 22.8 Å². The molecule has 0 radical (unpaired) electrons. The van der Waals surface area contributed by atoms with Gasteiger partial charge in [0, 0.05) is 38.4 Å². The highest BCUT2D eigenvalue weighted by Gasteiger charge is 2.34. The lowest BCUT2D eigenvalue weighted by atomic mass is 10.1. The molecule has 2 aromatic rings. The summed E-state index contributed by atoms with van der Waals surface area (Å²) in [5, 5.41) is 4.99. The van der Waals surface area contributed by atoms with Gasteiger partial charge in [-0.2, -0.15) is 13.2 Å². The SMILES string of the molecule is CN(C)c1ccc(C(=O)NCCNC(=O)c2ccccc2C(F)(F)F)cc1. The molecule has 144 valence electrons. The van der Waals surface area contributed by atoms with Gasteiger partial charge in [-0.05, 0) is 36.4 Å². The van der Waals surface area contributed by atoms with E-state index in [2.05, 4.69) is 10.6 Å². The van der Waals surface area contributed by atoms with Crippen molar-refractivity contribution in [3.63, 3.8) is 0 Å². The monoisotopic (exact) mass is 379 g/mol. The van der Waals surface area contributed by atoms with E-state index in [1.807, 2.05) is 19.0 Å². The molecule has 27 heavy (non-hydrogen) atoms. The maximum Gasteiger partial charge on any atom is 0.417 e. The first-order valence-corrected chi connectivity index (χ1v) is 8.20. The molecule has 0 aromatic heterocycles. The number of amides is 2. The van der Waals surface area contributed by atoms with Crippen LogP contribution in [0.5, 0.6) is 0 Å². The number of alkyl halides is 3. The van der Waals surface area contributed by atoms with Crippen molar-refractivity contribution in [2.45, 2.75) is 6.18 Å². The van der Waals surface area contributed by atoms with Crippen molar-refractivity contribution in [3.8, 4) is 0 Å². The van der Waals surface area contributed by atoms with Crippen molar-refractivity contribution in [1.29, 1.82) is 0 Å². The van der Waals surface area contributed by atoms with Crippen molar-refractivity contribution in [3.05, 3.63) is 65.2 Å².